The molecule has 0 spiro atoms. The van der Waals surface area contributed by atoms with Crippen LogP contribution < -0.4 is 14.8 Å². The number of nitrogens with zero attached hydrogens (tertiary/aromatic N) is 1. The molecule has 1 atom stereocenters. The van der Waals surface area contributed by atoms with Crippen molar-refractivity contribution in [1.29, 1.82) is 0 Å². The Hall–Kier alpha value is -3.94. The number of benzene rings is 3. The minimum atomic E-state index is -0.949. The van der Waals surface area contributed by atoms with Crippen molar-refractivity contribution >= 4 is 17.5 Å². The zero-order valence-electron chi connectivity index (χ0n) is 17.9. The van der Waals surface area contributed by atoms with Crippen molar-refractivity contribution in [1.82, 2.24) is 4.90 Å². The van der Waals surface area contributed by atoms with Crippen LogP contribution >= 0.6 is 0 Å². The highest BCUT2D eigenvalue weighted by Gasteiger charge is 2.28. The molecular weight excluding hydrogens is 430 g/mol. The van der Waals surface area contributed by atoms with Gasteiger partial charge in [0.15, 0.2) is 6.10 Å². The Morgan fingerprint density at radius 3 is 2.67 bits per heavy atom. The monoisotopic (exact) mass is 452 g/mol. The Bertz CT molecular complexity index is 1170. The van der Waals surface area contributed by atoms with Crippen molar-refractivity contribution < 1.29 is 27.8 Å². The van der Waals surface area contributed by atoms with Gasteiger partial charge < -0.3 is 19.7 Å². The Balaban J connectivity index is 1.48. The SMILES string of the molecule is CC1Oc2ccc(NC(=O)c3ccc(F)cc3F)cc2CN(CCOc2ccccc2)C1=O. The molecule has 1 N–H and O–H groups in total. The fraction of sp³-hybridized carbons (Fsp3) is 0.200. The zero-order valence-corrected chi connectivity index (χ0v) is 17.9. The molecule has 0 aliphatic carbocycles. The van der Waals surface area contributed by atoms with Crippen LogP contribution in [0.4, 0.5) is 14.5 Å². The fourth-order valence-corrected chi connectivity index (χ4v) is 3.53. The quantitative estimate of drug-likeness (QED) is 0.602. The van der Waals surface area contributed by atoms with Gasteiger partial charge in [-0.3, -0.25) is 9.59 Å². The molecule has 0 bridgehead atoms. The largest absolute Gasteiger partial charge is 0.492 e. The molecule has 3 aromatic rings. The van der Waals surface area contributed by atoms with E-state index in [4.69, 9.17) is 9.47 Å². The van der Waals surface area contributed by atoms with Gasteiger partial charge in [0.25, 0.3) is 11.8 Å². The van der Waals surface area contributed by atoms with E-state index in [2.05, 4.69) is 5.32 Å². The number of ether oxygens (including phenoxy) is 2. The van der Waals surface area contributed by atoms with Crippen molar-refractivity contribution in [3.63, 3.8) is 0 Å². The lowest BCUT2D eigenvalue weighted by Crippen LogP contribution is -2.40. The minimum absolute atomic E-state index is 0.179. The molecular formula is C25H22F2N2O4. The van der Waals surface area contributed by atoms with Crippen LogP contribution in [0.3, 0.4) is 0 Å². The van der Waals surface area contributed by atoms with E-state index in [0.717, 1.165) is 12.1 Å². The van der Waals surface area contributed by atoms with Gasteiger partial charge in [-0.05, 0) is 49.4 Å². The van der Waals surface area contributed by atoms with Crippen LogP contribution in [0, 0.1) is 11.6 Å². The van der Waals surface area contributed by atoms with Gasteiger partial charge >= 0.3 is 0 Å². The molecule has 1 aliphatic heterocycles. The molecule has 0 aromatic heterocycles. The van der Waals surface area contributed by atoms with Crippen LogP contribution in [0.5, 0.6) is 11.5 Å². The summed E-state index contributed by atoms with van der Waals surface area (Å²) in [5.74, 6) is -1.37. The van der Waals surface area contributed by atoms with Gasteiger partial charge in [-0.2, -0.15) is 0 Å². The maximum absolute atomic E-state index is 13.9. The molecule has 6 nitrogen and oxygen atoms in total. The molecule has 1 aliphatic rings. The summed E-state index contributed by atoms with van der Waals surface area (Å²) in [7, 11) is 0. The number of hydrogen-bond donors (Lipinski definition) is 1. The summed E-state index contributed by atoms with van der Waals surface area (Å²) in [4.78, 5) is 26.8. The molecule has 170 valence electrons. The summed E-state index contributed by atoms with van der Waals surface area (Å²) >= 11 is 0. The molecule has 1 unspecified atom stereocenters. The van der Waals surface area contributed by atoms with Gasteiger partial charge in [0.2, 0.25) is 0 Å². The van der Waals surface area contributed by atoms with Crippen LogP contribution in [-0.2, 0) is 11.3 Å². The topological polar surface area (TPSA) is 67.9 Å². The number of para-hydroxylation sites is 1. The molecule has 4 rings (SSSR count). The van der Waals surface area contributed by atoms with Gasteiger partial charge in [0.1, 0.15) is 29.7 Å². The average molecular weight is 452 g/mol. The highest BCUT2D eigenvalue weighted by atomic mass is 19.1. The normalized spacial score (nSPS) is 15.3. The smallest absolute Gasteiger partial charge is 0.263 e. The number of carbonyl (C=O) groups excluding carboxylic acids is 2. The Morgan fingerprint density at radius 2 is 1.91 bits per heavy atom. The van der Waals surface area contributed by atoms with E-state index in [1.165, 1.54) is 0 Å². The van der Waals surface area contributed by atoms with Crippen molar-refractivity contribution in [2.24, 2.45) is 0 Å². The lowest BCUT2D eigenvalue weighted by atomic mass is 10.1. The number of amides is 2. The number of halogens is 2. The molecule has 0 fully saturated rings. The van der Waals surface area contributed by atoms with Gasteiger partial charge in [0, 0.05) is 23.9 Å². The molecule has 1 heterocycles. The molecule has 3 aromatic carbocycles. The van der Waals surface area contributed by atoms with Crippen LogP contribution in [-0.4, -0.2) is 36.0 Å². The van der Waals surface area contributed by atoms with Crippen LogP contribution in [0.15, 0.2) is 66.7 Å². The first-order valence-corrected chi connectivity index (χ1v) is 10.4. The molecule has 0 saturated carbocycles. The van der Waals surface area contributed by atoms with E-state index in [-0.39, 0.29) is 18.0 Å². The second-order valence-electron chi connectivity index (χ2n) is 7.58. The number of anilines is 1. The van der Waals surface area contributed by atoms with E-state index in [0.29, 0.717) is 42.0 Å². The standard InChI is InChI=1S/C25H22F2N2O4/c1-16-25(31)29(11-12-32-20-5-3-2-4-6-20)15-17-13-19(8-10-23(17)33-16)28-24(30)21-9-7-18(26)14-22(21)27/h2-10,13-14,16H,11-12,15H2,1H3,(H,28,30). The summed E-state index contributed by atoms with van der Waals surface area (Å²) in [5.41, 5.74) is 0.810. The highest BCUT2D eigenvalue weighted by Crippen LogP contribution is 2.29. The molecule has 33 heavy (non-hydrogen) atoms. The van der Waals surface area contributed by atoms with Gasteiger partial charge in [-0.1, -0.05) is 18.2 Å². The minimum Gasteiger partial charge on any atom is -0.492 e. The number of carbonyl (C=O) groups is 2. The molecule has 2 amide bonds. The lowest BCUT2D eigenvalue weighted by molar-refractivity contribution is -0.138. The van der Waals surface area contributed by atoms with Crippen LogP contribution in [0.25, 0.3) is 0 Å². The molecule has 0 radical (unpaired) electrons. The van der Waals surface area contributed by atoms with E-state index in [1.807, 2.05) is 30.3 Å². The number of fused-ring (bicyclic) bond motifs is 1. The lowest BCUT2D eigenvalue weighted by Gasteiger charge is -2.22. The first kappa shape index (κ1) is 22.3. The number of hydrogen-bond acceptors (Lipinski definition) is 4. The van der Waals surface area contributed by atoms with Gasteiger partial charge in [-0.25, -0.2) is 8.78 Å². The Labute approximate surface area is 189 Å². The van der Waals surface area contributed by atoms with E-state index in [1.54, 1.807) is 30.0 Å². The Morgan fingerprint density at radius 1 is 1.12 bits per heavy atom. The highest BCUT2D eigenvalue weighted by molar-refractivity contribution is 6.04. The second kappa shape index (κ2) is 9.68. The third kappa shape index (κ3) is 5.28. The van der Waals surface area contributed by atoms with Crippen molar-refractivity contribution in [3.05, 3.63) is 89.5 Å². The number of nitrogens with one attached hydrogen (secondary N) is 1. The zero-order chi connectivity index (χ0) is 23.4. The summed E-state index contributed by atoms with van der Waals surface area (Å²) < 4.78 is 38.6. The van der Waals surface area contributed by atoms with E-state index >= 15 is 0 Å². The van der Waals surface area contributed by atoms with Gasteiger partial charge in [-0.15, -0.1) is 0 Å². The van der Waals surface area contributed by atoms with E-state index in [9.17, 15) is 18.4 Å². The first-order valence-electron chi connectivity index (χ1n) is 10.4. The van der Waals surface area contributed by atoms with Crippen molar-refractivity contribution in [2.75, 3.05) is 18.5 Å². The second-order valence-corrected chi connectivity index (χ2v) is 7.58. The van der Waals surface area contributed by atoms with Crippen molar-refractivity contribution in [2.45, 2.75) is 19.6 Å². The average Bonchev–Trinajstić information content (AvgIpc) is 2.90. The Kier molecular flexibility index (Phi) is 6.53. The summed E-state index contributed by atoms with van der Waals surface area (Å²) in [6.45, 7) is 2.58. The predicted molar refractivity (Wildman–Crippen MR) is 118 cm³/mol. The van der Waals surface area contributed by atoms with Gasteiger partial charge in [0.05, 0.1) is 12.1 Å². The maximum Gasteiger partial charge on any atom is 0.263 e. The molecule has 8 heteroatoms. The molecule has 0 saturated heterocycles. The van der Waals surface area contributed by atoms with Crippen LogP contribution in [0.1, 0.15) is 22.8 Å². The summed E-state index contributed by atoms with van der Waals surface area (Å²) in [6, 6.07) is 17.0. The summed E-state index contributed by atoms with van der Waals surface area (Å²) in [5, 5.41) is 2.61. The van der Waals surface area contributed by atoms with Crippen LogP contribution in [0.2, 0.25) is 0 Å². The summed E-state index contributed by atoms with van der Waals surface area (Å²) in [6.07, 6.45) is -0.684. The predicted octanol–water partition coefficient (Wildman–Crippen LogP) is 4.41. The third-order valence-electron chi connectivity index (χ3n) is 5.19. The first-order chi connectivity index (χ1) is 15.9. The fourth-order valence-electron chi connectivity index (χ4n) is 3.53. The van der Waals surface area contributed by atoms with Crippen molar-refractivity contribution in [3.8, 4) is 11.5 Å². The van der Waals surface area contributed by atoms with E-state index < -0.39 is 23.6 Å². The maximum atomic E-state index is 13.9. The third-order valence-corrected chi connectivity index (χ3v) is 5.19. The number of rotatable bonds is 6.